The summed E-state index contributed by atoms with van der Waals surface area (Å²) < 4.78 is 40.8. The highest BCUT2D eigenvalue weighted by molar-refractivity contribution is 5.74. The molecule has 2 rings (SSSR count). The summed E-state index contributed by atoms with van der Waals surface area (Å²) in [6.45, 7) is 3.83. The van der Waals surface area contributed by atoms with Crippen molar-refractivity contribution in [3.05, 3.63) is 17.5 Å². The molecular weight excluding hydrogens is 309 g/mol. The van der Waals surface area contributed by atoms with Crippen LogP contribution in [-0.2, 0) is 24.8 Å². The van der Waals surface area contributed by atoms with Gasteiger partial charge in [-0.3, -0.25) is 9.48 Å². The Kier molecular flexibility index (Phi) is 5.33. The van der Waals surface area contributed by atoms with Crippen LogP contribution in [0.3, 0.4) is 0 Å². The van der Waals surface area contributed by atoms with Crippen molar-refractivity contribution in [3.8, 4) is 0 Å². The minimum absolute atomic E-state index is 0.0611. The number of nitrogens with one attached hydrogen (secondary N) is 1. The molecule has 0 radical (unpaired) electrons. The van der Waals surface area contributed by atoms with Crippen LogP contribution in [0.1, 0.15) is 37.9 Å². The lowest BCUT2D eigenvalue weighted by Gasteiger charge is -2.40. The lowest BCUT2D eigenvalue weighted by atomic mass is 9.97. The van der Waals surface area contributed by atoms with E-state index in [1.54, 1.807) is 4.68 Å². The van der Waals surface area contributed by atoms with Gasteiger partial charge in [0.15, 0.2) is 0 Å². The number of halogens is 3. The van der Waals surface area contributed by atoms with Crippen LogP contribution in [0.2, 0.25) is 0 Å². The maximum atomic E-state index is 13.0. The van der Waals surface area contributed by atoms with Crippen molar-refractivity contribution < 1.29 is 18.0 Å². The van der Waals surface area contributed by atoms with Gasteiger partial charge in [0.1, 0.15) is 6.04 Å². The predicted molar refractivity (Wildman–Crippen MR) is 79.7 cm³/mol. The lowest BCUT2D eigenvalue weighted by Crippen LogP contribution is -2.57. The SMILES string of the molecule is CCc1nn(C)cc1CNC1CCC(C(F)(F)F)N(C(C)=O)C1. The molecule has 2 heterocycles. The highest BCUT2D eigenvalue weighted by Crippen LogP contribution is 2.32. The molecule has 2 atom stereocenters. The largest absolute Gasteiger partial charge is 0.408 e. The minimum atomic E-state index is -4.37. The van der Waals surface area contributed by atoms with E-state index in [9.17, 15) is 18.0 Å². The van der Waals surface area contributed by atoms with E-state index in [-0.39, 0.29) is 19.0 Å². The van der Waals surface area contributed by atoms with Gasteiger partial charge in [-0.05, 0) is 19.3 Å². The zero-order valence-corrected chi connectivity index (χ0v) is 13.7. The third kappa shape index (κ3) is 4.25. The van der Waals surface area contributed by atoms with Crippen molar-refractivity contribution in [2.24, 2.45) is 7.05 Å². The maximum absolute atomic E-state index is 13.0. The number of rotatable bonds is 4. The summed E-state index contributed by atoms with van der Waals surface area (Å²) in [5, 5.41) is 7.61. The van der Waals surface area contributed by atoms with Crippen LogP contribution >= 0.6 is 0 Å². The Balaban J connectivity index is 1.99. The molecule has 0 aromatic carbocycles. The fourth-order valence-electron chi connectivity index (χ4n) is 3.11. The van der Waals surface area contributed by atoms with Crippen molar-refractivity contribution in [2.75, 3.05) is 6.54 Å². The van der Waals surface area contributed by atoms with Crippen LogP contribution < -0.4 is 5.32 Å². The zero-order chi connectivity index (χ0) is 17.2. The first-order valence-electron chi connectivity index (χ1n) is 7.81. The van der Waals surface area contributed by atoms with E-state index < -0.39 is 18.1 Å². The summed E-state index contributed by atoms with van der Waals surface area (Å²) >= 11 is 0. The van der Waals surface area contributed by atoms with Crippen LogP contribution in [0.4, 0.5) is 13.2 Å². The minimum Gasteiger partial charge on any atom is -0.329 e. The molecule has 1 saturated heterocycles. The molecule has 1 aromatic heterocycles. The van der Waals surface area contributed by atoms with E-state index >= 15 is 0 Å². The molecule has 8 heteroatoms. The second-order valence-electron chi connectivity index (χ2n) is 6.01. The molecule has 0 spiro atoms. The van der Waals surface area contributed by atoms with Gasteiger partial charge in [0.2, 0.25) is 5.91 Å². The van der Waals surface area contributed by atoms with Crippen LogP contribution in [-0.4, -0.2) is 45.4 Å². The number of likely N-dealkylation sites (tertiary alicyclic amines) is 1. The highest BCUT2D eigenvalue weighted by atomic mass is 19.4. The first kappa shape index (κ1) is 17.8. The van der Waals surface area contributed by atoms with Crippen LogP contribution in [0.5, 0.6) is 0 Å². The maximum Gasteiger partial charge on any atom is 0.408 e. The fraction of sp³-hybridized carbons (Fsp3) is 0.733. The number of carbonyl (C=O) groups is 1. The van der Waals surface area contributed by atoms with Gasteiger partial charge in [-0.25, -0.2) is 0 Å². The summed E-state index contributed by atoms with van der Waals surface area (Å²) in [6.07, 6.45) is -1.31. The second-order valence-corrected chi connectivity index (χ2v) is 6.01. The summed E-state index contributed by atoms with van der Waals surface area (Å²) in [5.41, 5.74) is 2.02. The number of alkyl halides is 3. The van der Waals surface area contributed by atoms with Crippen molar-refractivity contribution in [1.29, 1.82) is 0 Å². The third-order valence-corrected chi connectivity index (χ3v) is 4.27. The van der Waals surface area contributed by atoms with E-state index in [4.69, 9.17) is 0 Å². The summed E-state index contributed by atoms with van der Waals surface area (Å²) in [7, 11) is 1.84. The first-order valence-corrected chi connectivity index (χ1v) is 7.81. The Labute approximate surface area is 133 Å². The summed E-state index contributed by atoms with van der Waals surface area (Å²) in [6, 6.07) is -1.80. The molecule has 5 nitrogen and oxygen atoms in total. The van der Waals surface area contributed by atoms with Crippen molar-refractivity contribution in [2.45, 2.75) is 57.9 Å². The molecule has 23 heavy (non-hydrogen) atoms. The molecule has 1 aliphatic rings. The smallest absolute Gasteiger partial charge is 0.329 e. The Bertz CT molecular complexity index is 555. The molecule has 1 amide bonds. The van der Waals surface area contributed by atoms with Crippen molar-refractivity contribution >= 4 is 5.91 Å². The molecule has 130 valence electrons. The van der Waals surface area contributed by atoms with E-state index in [0.29, 0.717) is 13.0 Å². The molecule has 0 saturated carbocycles. The molecule has 1 aliphatic heterocycles. The number of aryl methyl sites for hydroxylation is 2. The van der Waals surface area contributed by atoms with Crippen molar-refractivity contribution in [3.63, 3.8) is 0 Å². The average Bonchev–Trinajstić information content (AvgIpc) is 2.84. The van der Waals surface area contributed by atoms with Gasteiger partial charge in [-0.15, -0.1) is 0 Å². The first-order chi connectivity index (χ1) is 10.7. The van der Waals surface area contributed by atoms with Gasteiger partial charge in [0.25, 0.3) is 0 Å². The standard InChI is InChI=1S/C15H23F3N4O/c1-4-13-11(8-21(3)20-13)7-19-12-5-6-14(15(16,17)18)22(9-12)10(2)23/h8,12,14,19H,4-7,9H2,1-3H3. The normalized spacial score (nSPS) is 22.4. The number of aromatic nitrogens is 2. The second kappa shape index (κ2) is 6.90. The fourth-order valence-corrected chi connectivity index (χ4v) is 3.11. The van der Waals surface area contributed by atoms with Gasteiger partial charge in [0.05, 0.1) is 5.69 Å². The highest BCUT2D eigenvalue weighted by Gasteiger charge is 2.47. The molecule has 1 fully saturated rings. The van der Waals surface area contributed by atoms with Crippen molar-refractivity contribution in [1.82, 2.24) is 20.0 Å². The Hall–Kier alpha value is -1.57. The van der Waals surface area contributed by atoms with Gasteiger partial charge in [-0.1, -0.05) is 6.92 Å². The Morgan fingerprint density at radius 3 is 2.70 bits per heavy atom. The monoisotopic (exact) mass is 332 g/mol. The van der Waals surface area contributed by atoms with Gasteiger partial charge < -0.3 is 10.2 Å². The molecule has 1 aromatic rings. The number of hydrogen-bond acceptors (Lipinski definition) is 3. The number of carbonyl (C=O) groups excluding carboxylic acids is 1. The van der Waals surface area contributed by atoms with E-state index in [2.05, 4.69) is 10.4 Å². The molecule has 1 N–H and O–H groups in total. The summed E-state index contributed by atoms with van der Waals surface area (Å²) in [5.74, 6) is -0.533. The lowest BCUT2D eigenvalue weighted by molar-refractivity contribution is -0.196. The Morgan fingerprint density at radius 2 is 2.13 bits per heavy atom. The zero-order valence-electron chi connectivity index (χ0n) is 13.7. The molecule has 0 aliphatic carbocycles. The Morgan fingerprint density at radius 1 is 1.43 bits per heavy atom. The molecule has 0 bridgehead atoms. The van der Waals surface area contributed by atoms with Crippen LogP contribution in [0.15, 0.2) is 6.20 Å². The van der Waals surface area contributed by atoms with E-state index in [1.807, 2.05) is 20.2 Å². The third-order valence-electron chi connectivity index (χ3n) is 4.27. The van der Waals surface area contributed by atoms with E-state index in [1.165, 1.54) is 6.92 Å². The quantitative estimate of drug-likeness (QED) is 0.918. The molecule has 2 unspecified atom stereocenters. The van der Waals surface area contributed by atoms with Crippen LogP contribution in [0.25, 0.3) is 0 Å². The van der Waals surface area contributed by atoms with Gasteiger partial charge in [0, 0.05) is 44.9 Å². The average molecular weight is 332 g/mol. The summed E-state index contributed by atoms with van der Waals surface area (Å²) in [4.78, 5) is 12.5. The number of amides is 1. The van der Waals surface area contributed by atoms with Gasteiger partial charge in [-0.2, -0.15) is 18.3 Å². The topological polar surface area (TPSA) is 50.2 Å². The molecular formula is C15H23F3N4O. The predicted octanol–water partition coefficient (Wildman–Crippen LogP) is 2.01. The van der Waals surface area contributed by atoms with Gasteiger partial charge >= 0.3 is 6.18 Å². The van der Waals surface area contributed by atoms with Crippen LogP contribution in [0, 0.1) is 0 Å². The number of nitrogens with zero attached hydrogens (tertiary/aromatic N) is 3. The number of hydrogen-bond donors (Lipinski definition) is 1. The number of piperidine rings is 1. The van der Waals surface area contributed by atoms with E-state index in [0.717, 1.165) is 22.6 Å².